The predicted octanol–water partition coefficient (Wildman–Crippen LogP) is 2.87. The number of hydrogen-bond donors (Lipinski definition) is 1. The standard InChI is InChI=1S/C18H23N3O4/c1-18(2,3)11-14-19-16(20-25-14)12-6-5-7-13(10-12)17(24)21(4)9-8-15(22)23/h5-7,10H,8-9,11H2,1-4H3,(H,22,23). The van der Waals surface area contributed by atoms with Gasteiger partial charge in [-0.1, -0.05) is 38.1 Å². The van der Waals surface area contributed by atoms with Gasteiger partial charge >= 0.3 is 5.97 Å². The van der Waals surface area contributed by atoms with Gasteiger partial charge in [-0.15, -0.1) is 0 Å². The summed E-state index contributed by atoms with van der Waals surface area (Å²) in [4.78, 5) is 28.8. The van der Waals surface area contributed by atoms with Crippen molar-refractivity contribution in [2.75, 3.05) is 13.6 Å². The van der Waals surface area contributed by atoms with Crippen LogP contribution in [0.5, 0.6) is 0 Å². The summed E-state index contributed by atoms with van der Waals surface area (Å²) >= 11 is 0. The highest BCUT2D eigenvalue weighted by Crippen LogP contribution is 2.23. The van der Waals surface area contributed by atoms with E-state index in [0.29, 0.717) is 29.3 Å². The van der Waals surface area contributed by atoms with Gasteiger partial charge in [0.25, 0.3) is 5.91 Å². The van der Waals surface area contributed by atoms with Crippen molar-refractivity contribution in [2.24, 2.45) is 5.41 Å². The summed E-state index contributed by atoms with van der Waals surface area (Å²) in [6, 6.07) is 6.91. The summed E-state index contributed by atoms with van der Waals surface area (Å²) in [7, 11) is 1.58. The third-order valence-electron chi connectivity index (χ3n) is 3.53. The second-order valence-electron chi connectivity index (χ2n) is 7.20. The lowest BCUT2D eigenvalue weighted by Crippen LogP contribution is -2.29. The van der Waals surface area contributed by atoms with E-state index in [4.69, 9.17) is 9.63 Å². The minimum atomic E-state index is -0.938. The summed E-state index contributed by atoms with van der Waals surface area (Å²) in [5, 5.41) is 12.7. The molecule has 0 unspecified atom stereocenters. The fraction of sp³-hybridized carbons (Fsp3) is 0.444. The number of carbonyl (C=O) groups is 2. The van der Waals surface area contributed by atoms with Crippen molar-refractivity contribution >= 4 is 11.9 Å². The molecule has 2 rings (SSSR count). The Bertz CT molecular complexity index is 762. The molecule has 0 fully saturated rings. The van der Waals surface area contributed by atoms with Crippen molar-refractivity contribution in [1.82, 2.24) is 15.0 Å². The number of carboxylic acids is 1. The van der Waals surface area contributed by atoms with E-state index in [1.807, 2.05) is 0 Å². The molecule has 0 bridgehead atoms. The lowest BCUT2D eigenvalue weighted by Gasteiger charge is -2.16. The predicted molar refractivity (Wildman–Crippen MR) is 92.1 cm³/mol. The van der Waals surface area contributed by atoms with Crippen molar-refractivity contribution < 1.29 is 19.2 Å². The maximum Gasteiger partial charge on any atom is 0.305 e. The van der Waals surface area contributed by atoms with Crippen LogP contribution in [-0.2, 0) is 11.2 Å². The number of carbonyl (C=O) groups excluding carboxylic acids is 1. The van der Waals surface area contributed by atoms with Gasteiger partial charge in [-0.25, -0.2) is 0 Å². The summed E-state index contributed by atoms with van der Waals surface area (Å²) in [6.07, 6.45) is 0.569. The Balaban J connectivity index is 2.16. The summed E-state index contributed by atoms with van der Waals surface area (Å²) < 4.78 is 5.29. The highest BCUT2D eigenvalue weighted by molar-refractivity contribution is 5.95. The molecule has 1 aromatic carbocycles. The van der Waals surface area contributed by atoms with Gasteiger partial charge < -0.3 is 14.5 Å². The number of nitrogens with zero attached hydrogens (tertiary/aromatic N) is 3. The van der Waals surface area contributed by atoms with E-state index in [-0.39, 0.29) is 24.3 Å². The highest BCUT2D eigenvalue weighted by atomic mass is 16.5. The zero-order chi connectivity index (χ0) is 18.6. The van der Waals surface area contributed by atoms with Crippen LogP contribution in [0, 0.1) is 5.41 Å². The zero-order valence-electron chi connectivity index (χ0n) is 14.9. The van der Waals surface area contributed by atoms with Crippen molar-refractivity contribution in [3.63, 3.8) is 0 Å². The molecular weight excluding hydrogens is 322 g/mol. The lowest BCUT2D eigenvalue weighted by molar-refractivity contribution is -0.137. The molecule has 0 radical (unpaired) electrons. The van der Waals surface area contributed by atoms with Crippen LogP contribution in [0.25, 0.3) is 11.4 Å². The monoisotopic (exact) mass is 345 g/mol. The molecule has 0 saturated heterocycles. The Kier molecular flexibility index (Phi) is 5.56. The van der Waals surface area contributed by atoms with Gasteiger partial charge in [-0.05, 0) is 17.5 Å². The molecule has 2 aromatic rings. The molecular formula is C18H23N3O4. The molecule has 0 aliphatic heterocycles. The van der Waals surface area contributed by atoms with Crippen molar-refractivity contribution in [2.45, 2.75) is 33.6 Å². The molecule has 0 saturated carbocycles. The van der Waals surface area contributed by atoms with Crippen LogP contribution in [0.4, 0.5) is 0 Å². The first-order chi connectivity index (χ1) is 11.7. The molecule has 1 heterocycles. The molecule has 0 atom stereocenters. The van der Waals surface area contributed by atoms with Gasteiger partial charge in [-0.2, -0.15) is 4.98 Å². The van der Waals surface area contributed by atoms with E-state index in [0.717, 1.165) is 0 Å². The number of benzene rings is 1. The molecule has 0 aliphatic rings. The van der Waals surface area contributed by atoms with Crippen LogP contribution in [-0.4, -0.2) is 45.6 Å². The van der Waals surface area contributed by atoms with Crippen molar-refractivity contribution in [1.29, 1.82) is 0 Å². The normalized spacial score (nSPS) is 11.4. The van der Waals surface area contributed by atoms with Crippen LogP contribution in [0.1, 0.15) is 43.4 Å². The largest absolute Gasteiger partial charge is 0.481 e. The van der Waals surface area contributed by atoms with Crippen LogP contribution < -0.4 is 0 Å². The topological polar surface area (TPSA) is 96.5 Å². The fourth-order valence-electron chi connectivity index (χ4n) is 2.27. The molecule has 0 aliphatic carbocycles. The van der Waals surface area contributed by atoms with Gasteiger partial charge in [0, 0.05) is 31.1 Å². The maximum atomic E-state index is 12.4. The van der Waals surface area contributed by atoms with E-state index < -0.39 is 5.97 Å². The molecule has 7 nitrogen and oxygen atoms in total. The molecule has 25 heavy (non-hydrogen) atoms. The second kappa shape index (κ2) is 7.46. The Labute approximate surface area is 146 Å². The van der Waals surface area contributed by atoms with E-state index in [9.17, 15) is 9.59 Å². The Hall–Kier alpha value is -2.70. The molecule has 1 N–H and O–H groups in total. The molecule has 1 amide bonds. The summed E-state index contributed by atoms with van der Waals surface area (Å²) in [5.41, 5.74) is 1.17. The minimum Gasteiger partial charge on any atom is -0.481 e. The van der Waals surface area contributed by atoms with Gasteiger partial charge in [0.2, 0.25) is 11.7 Å². The first kappa shape index (κ1) is 18.6. The number of carboxylic acid groups (broad SMARTS) is 1. The van der Waals surface area contributed by atoms with E-state index >= 15 is 0 Å². The maximum absolute atomic E-state index is 12.4. The van der Waals surface area contributed by atoms with Gasteiger partial charge in [-0.3, -0.25) is 9.59 Å². The van der Waals surface area contributed by atoms with Crippen LogP contribution in [0.15, 0.2) is 28.8 Å². The van der Waals surface area contributed by atoms with E-state index in [1.54, 1.807) is 31.3 Å². The zero-order valence-corrected chi connectivity index (χ0v) is 14.9. The van der Waals surface area contributed by atoms with Gasteiger partial charge in [0.15, 0.2) is 0 Å². The number of amides is 1. The minimum absolute atomic E-state index is 0.0362. The van der Waals surface area contributed by atoms with Crippen molar-refractivity contribution in [3.8, 4) is 11.4 Å². The lowest BCUT2D eigenvalue weighted by atomic mass is 9.92. The fourth-order valence-corrected chi connectivity index (χ4v) is 2.27. The highest BCUT2D eigenvalue weighted by Gasteiger charge is 2.18. The quantitative estimate of drug-likeness (QED) is 0.865. The van der Waals surface area contributed by atoms with Gasteiger partial charge in [0.05, 0.1) is 6.42 Å². The number of rotatable bonds is 6. The van der Waals surface area contributed by atoms with Crippen LogP contribution in [0.2, 0.25) is 0 Å². The third kappa shape index (κ3) is 5.41. The SMILES string of the molecule is CN(CCC(=O)O)C(=O)c1cccc(-c2noc(CC(C)(C)C)n2)c1. The number of aliphatic carboxylic acids is 1. The average molecular weight is 345 g/mol. The second-order valence-corrected chi connectivity index (χ2v) is 7.20. The first-order valence-corrected chi connectivity index (χ1v) is 8.06. The Morgan fingerprint density at radius 2 is 2.00 bits per heavy atom. The average Bonchev–Trinajstić information content (AvgIpc) is 2.98. The van der Waals surface area contributed by atoms with Crippen molar-refractivity contribution in [3.05, 3.63) is 35.7 Å². The van der Waals surface area contributed by atoms with E-state index in [2.05, 4.69) is 30.9 Å². The molecule has 7 heteroatoms. The Morgan fingerprint density at radius 1 is 1.28 bits per heavy atom. The summed E-state index contributed by atoms with van der Waals surface area (Å²) in [6.45, 7) is 6.41. The molecule has 134 valence electrons. The van der Waals surface area contributed by atoms with Crippen LogP contribution >= 0.6 is 0 Å². The van der Waals surface area contributed by atoms with E-state index in [1.165, 1.54) is 4.90 Å². The molecule has 0 spiro atoms. The number of aromatic nitrogens is 2. The van der Waals surface area contributed by atoms with Crippen LogP contribution in [0.3, 0.4) is 0 Å². The summed E-state index contributed by atoms with van der Waals surface area (Å²) in [5.74, 6) is -0.201. The number of hydrogen-bond acceptors (Lipinski definition) is 5. The smallest absolute Gasteiger partial charge is 0.305 e. The Morgan fingerprint density at radius 3 is 2.64 bits per heavy atom. The third-order valence-corrected chi connectivity index (χ3v) is 3.53. The molecule has 1 aromatic heterocycles. The first-order valence-electron chi connectivity index (χ1n) is 8.06. The van der Waals surface area contributed by atoms with Gasteiger partial charge in [0.1, 0.15) is 0 Å².